The molecule has 0 saturated carbocycles. The molecule has 2 unspecified atom stereocenters. The van der Waals surface area contributed by atoms with Gasteiger partial charge in [0.15, 0.2) is 0 Å². The zero-order valence-corrected chi connectivity index (χ0v) is 16.8. The Kier molecular flexibility index (Phi) is 6.66. The van der Waals surface area contributed by atoms with E-state index in [2.05, 4.69) is 10.1 Å². The Morgan fingerprint density at radius 2 is 2.08 bits per heavy atom. The highest BCUT2D eigenvalue weighted by atomic mass is 35.5. The SMILES string of the molecule is CC(C)c1nc(C(=O)N2CC(CN)CC2C)nn1-c1ccccc1Cl.Cl. The number of benzene rings is 1. The number of nitrogens with zero attached hydrogens (tertiary/aromatic N) is 4. The van der Waals surface area contributed by atoms with E-state index in [1.165, 1.54) is 0 Å². The molecule has 0 aliphatic carbocycles. The second-order valence-corrected chi connectivity index (χ2v) is 7.36. The largest absolute Gasteiger partial charge is 0.333 e. The van der Waals surface area contributed by atoms with Crippen molar-refractivity contribution in [3.63, 3.8) is 0 Å². The molecule has 2 atom stereocenters. The van der Waals surface area contributed by atoms with Gasteiger partial charge in [0.2, 0.25) is 5.82 Å². The number of aromatic nitrogens is 3. The van der Waals surface area contributed by atoms with Crippen LogP contribution < -0.4 is 5.73 Å². The van der Waals surface area contributed by atoms with Gasteiger partial charge in [-0.15, -0.1) is 17.5 Å². The van der Waals surface area contributed by atoms with Crippen molar-refractivity contribution < 1.29 is 4.79 Å². The highest BCUT2D eigenvalue weighted by Gasteiger charge is 2.34. The molecule has 6 nitrogen and oxygen atoms in total. The van der Waals surface area contributed by atoms with Crippen LogP contribution in [-0.2, 0) is 0 Å². The Morgan fingerprint density at radius 1 is 1.38 bits per heavy atom. The van der Waals surface area contributed by atoms with E-state index in [4.69, 9.17) is 17.3 Å². The molecule has 1 aromatic heterocycles. The standard InChI is InChI=1S/C18H24ClN5O.ClH/c1-11(2)17-21-16(18(25)23-10-13(9-20)8-12(23)3)22-24(17)15-7-5-4-6-14(15)19;/h4-7,11-13H,8-10,20H2,1-3H3;1H. The monoisotopic (exact) mass is 397 g/mol. The molecule has 0 spiro atoms. The zero-order valence-electron chi connectivity index (χ0n) is 15.2. The predicted octanol–water partition coefficient (Wildman–Crippen LogP) is 3.28. The minimum Gasteiger partial charge on any atom is -0.333 e. The third kappa shape index (κ3) is 3.87. The van der Waals surface area contributed by atoms with Crippen molar-refractivity contribution in [3.8, 4) is 5.69 Å². The van der Waals surface area contributed by atoms with Crippen LogP contribution in [0.1, 0.15) is 49.6 Å². The van der Waals surface area contributed by atoms with Crippen LogP contribution in [0.3, 0.4) is 0 Å². The van der Waals surface area contributed by atoms with Gasteiger partial charge in [-0.25, -0.2) is 9.67 Å². The van der Waals surface area contributed by atoms with E-state index >= 15 is 0 Å². The van der Waals surface area contributed by atoms with Crippen LogP contribution in [0, 0.1) is 5.92 Å². The smallest absolute Gasteiger partial charge is 0.293 e. The molecule has 1 fully saturated rings. The van der Waals surface area contributed by atoms with Crippen molar-refractivity contribution in [2.45, 2.75) is 39.2 Å². The molecule has 1 amide bonds. The van der Waals surface area contributed by atoms with Crippen molar-refractivity contribution in [1.29, 1.82) is 0 Å². The van der Waals surface area contributed by atoms with Crippen LogP contribution in [0.15, 0.2) is 24.3 Å². The maximum absolute atomic E-state index is 12.9. The van der Waals surface area contributed by atoms with Crippen LogP contribution in [0.25, 0.3) is 5.69 Å². The lowest BCUT2D eigenvalue weighted by Gasteiger charge is -2.19. The maximum atomic E-state index is 12.9. The number of hydrogen-bond acceptors (Lipinski definition) is 4. The first-order chi connectivity index (χ1) is 11.9. The average Bonchev–Trinajstić information content (AvgIpc) is 3.18. The molecule has 1 aliphatic rings. The third-order valence-electron chi connectivity index (χ3n) is 4.68. The lowest BCUT2D eigenvalue weighted by atomic mass is 10.1. The van der Waals surface area contributed by atoms with Crippen molar-refractivity contribution in [2.75, 3.05) is 13.1 Å². The first-order valence-corrected chi connectivity index (χ1v) is 9.03. The number of amides is 1. The predicted molar refractivity (Wildman–Crippen MR) is 105 cm³/mol. The minimum atomic E-state index is -0.142. The summed E-state index contributed by atoms with van der Waals surface area (Å²) in [5.41, 5.74) is 6.50. The zero-order chi connectivity index (χ0) is 18.1. The number of hydrogen-bond donors (Lipinski definition) is 1. The molecule has 2 aromatic rings. The van der Waals surface area contributed by atoms with E-state index in [-0.39, 0.29) is 36.1 Å². The Morgan fingerprint density at radius 3 is 2.65 bits per heavy atom. The first kappa shape index (κ1) is 20.7. The van der Waals surface area contributed by atoms with E-state index < -0.39 is 0 Å². The number of rotatable bonds is 4. The lowest BCUT2D eigenvalue weighted by molar-refractivity contribution is 0.0731. The molecule has 2 heterocycles. The number of nitrogens with two attached hydrogens (primary N) is 1. The molecule has 1 aromatic carbocycles. The van der Waals surface area contributed by atoms with Gasteiger partial charge in [0.1, 0.15) is 5.82 Å². The highest BCUT2D eigenvalue weighted by Crippen LogP contribution is 2.26. The molecular formula is C18H25Cl2N5O. The summed E-state index contributed by atoms with van der Waals surface area (Å²) in [6.07, 6.45) is 0.921. The summed E-state index contributed by atoms with van der Waals surface area (Å²) in [4.78, 5) is 19.3. The van der Waals surface area contributed by atoms with Gasteiger partial charge in [-0.05, 0) is 37.9 Å². The Labute approximate surface area is 165 Å². The minimum absolute atomic E-state index is 0. The van der Waals surface area contributed by atoms with E-state index in [9.17, 15) is 4.79 Å². The van der Waals surface area contributed by atoms with Crippen molar-refractivity contribution in [3.05, 3.63) is 40.9 Å². The normalized spacial score (nSPS) is 19.7. The van der Waals surface area contributed by atoms with Gasteiger partial charge in [-0.2, -0.15) is 0 Å². The van der Waals surface area contributed by atoms with Gasteiger partial charge in [-0.1, -0.05) is 37.6 Å². The highest BCUT2D eigenvalue weighted by molar-refractivity contribution is 6.32. The van der Waals surface area contributed by atoms with Gasteiger partial charge < -0.3 is 10.6 Å². The van der Waals surface area contributed by atoms with Crippen LogP contribution in [0.2, 0.25) is 5.02 Å². The van der Waals surface area contributed by atoms with Gasteiger partial charge in [0.05, 0.1) is 10.7 Å². The second-order valence-electron chi connectivity index (χ2n) is 6.96. The molecule has 26 heavy (non-hydrogen) atoms. The summed E-state index contributed by atoms with van der Waals surface area (Å²) in [6.45, 7) is 7.34. The Balaban J connectivity index is 0.00000243. The van der Waals surface area contributed by atoms with Crippen molar-refractivity contribution >= 4 is 29.9 Å². The molecule has 2 N–H and O–H groups in total. The fraction of sp³-hybridized carbons (Fsp3) is 0.500. The molecule has 8 heteroatoms. The summed E-state index contributed by atoms with van der Waals surface area (Å²) in [5, 5.41) is 5.07. The Bertz CT molecular complexity index is 777. The van der Waals surface area contributed by atoms with E-state index in [1.54, 1.807) is 10.7 Å². The second kappa shape index (κ2) is 8.37. The van der Waals surface area contributed by atoms with E-state index in [0.717, 1.165) is 17.9 Å². The van der Waals surface area contributed by atoms with E-state index in [0.29, 0.717) is 24.0 Å². The van der Waals surface area contributed by atoms with Gasteiger partial charge >= 0.3 is 0 Å². The number of likely N-dealkylation sites (tertiary alicyclic amines) is 1. The number of para-hydroxylation sites is 1. The molecule has 142 valence electrons. The summed E-state index contributed by atoms with van der Waals surface area (Å²) < 4.78 is 1.68. The van der Waals surface area contributed by atoms with Crippen molar-refractivity contribution in [2.24, 2.45) is 11.7 Å². The average molecular weight is 398 g/mol. The molecular weight excluding hydrogens is 373 g/mol. The van der Waals surface area contributed by atoms with Crippen LogP contribution in [-0.4, -0.2) is 44.7 Å². The van der Waals surface area contributed by atoms with E-state index in [1.807, 2.05) is 43.9 Å². The van der Waals surface area contributed by atoms with Gasteiger partial charge in [-0.3, -0.25) is 4.79 Å². The van der Waals surface area contributed by atoms with Crippen LogP contribution in [0.5, 0.6) is 0 Å². The molecule has 0 bridgehead atoms. The van der Waals surface area contributed by atoms with Crippen LogP contribution in [0.4, 0.5) is 0 Å². The fourth-order valence-electron chi connectivity index (χ4n) is 3.31. The van der Waals surface area contributed by atoms with Gasteiger partial charge in [0.25, 0.3) is 5.91 Å². The topological polar surface area (TPSA) is 77.0 Å². The van der Waals surface area contributed by atoms with Crippen molar-refractivity contribution in [1.82, 2.24) is 19.7 Å². The molecule has 1 aliphatic heterocycles. The summed E-state index contributed by atoms with van der Waals surface area (Å²) in [7, 11) is 0. The third-order valence-corrected chi connectivity index (χ3v) is 5.00. The number of halogens is 2. The summed E-state index contributed by atoms with van der Waals surface area (Å²) >= 11 is 6.31. The summed E-state index contributed by atoms with van der Waals surface area (Å²) in [5.74, 6) is 1.25. The summed E-state index contributed by atoms with van der Waals surface area (Å²) in [6, 6.07) is 7.58. The van der Waals surface area contributed by atoms with Crippen LogP contribution >= 0.6 is 24.0 Å². The lowest BCUT2D eigenvalue weighted by Crippen LogP contribution is -2.35. The van der Waals surface area contributed by atoms with Gasteiger partial charge in [0, 0.05) is 18.5 Å². The maximum Gasteiger partial charge on any atom is 0.293 e. The fourth-order valence-corrected chi connectivity index (χ4v) is 3.53. The quantitative estimate of drug-likeness (QED) is 0.858. The molecule has 3 rings (SSSR count). The molecule has 1 saturated heterocycles. The number of carbonyl (C=O) groups excluding carboxylic acids is 1. The Hall–Kier alpha value is -1.63. The number of carbonyl (C=O) groups is 1. The first-order valence-electron chi connectivity index (χ1n) is 8.65. The molecule has 0 radical (unpaired) electrons.